The first kappa shape index (κ1) is 18.4. The monoisotopic (exact) mass is 380 g/mol. The molecule has 1 saturated heterocycles. The van der Waals surface area contributed by atoms with Crippen molar-refractivity contribution in [1.82, 2.24) is 19.9 Å². The van der Waals surface area contributed by atoms with Gasteiger partial charge in [-0.15, -0.1) is 0 Å². The fourth-order valence-electron chi connectivity index (χ4n) is 3.60. The standard InChI is InChI=1S/C20H24N6O2/c1-14-13-25(12-11-23(14)2)24(3)20(28)26-17-9-5-4-7-15(17)19(27)22-16-8-6-10-21-18(16)26/h4-10,14H,11-13H2,1-3H3,(H,22,27). The minimum Gasteiger partial charge on any atom is -0.319 e. The number of likely N-dealkylation sites (N-methyl/N-ethyl adjacent to an activating group) is 1. The van der Waals surface area contributed by atoms with Crippen LogP contribution in [0.5, 0.6) is 0 Å². The van der Waals surface area contributed by atoms with E-state index in [4.69, 9.17) is 0 Å². The minimum atomic E-state index is -0.254. The van der Waals surface area contributed by atoms with E-state index in [0.717, 1.165) is 19.6 Å². The molecule has 3 amide bonds. The van der Waals surface area contributed by atoms with E-state index in [1.807, 2.05) is 11.1 Å². The van der Waals surface area contributed by atoms with Crippen LogP contribution in [0.1, 0.15) is 17.3 Å². The second kappa shape index (κ2) is 7.21. The lowest BCUT2D eigenvalue weighted by atomic mass is 10.1. The number of hydrogen-bond acceptors (Lipinski definition) is 5. The number of benzene rings is 1. The van der Waals surface area contributed by atoms with Crippen LogP contribution in [0, 0.1) is 0 Å². The van der Waals surface area contributed by atoms with E-state index in [1.165, 1.54) is 4.90 Å². The summed E-state index contributed by atoms with van der Waals surface area (Å²) in [5.41, 5.74) is 1.47. The summed E-state index contributed by atoms with van der Waals surface area (Å²) >= 11 is 0. The molecule has 1 fully saturated rings. The Balaban J connectivity index is 1.75. The molecule has 0 radical (unpaired) electrons. The topological polar surface area (TPSA) is 72.0 Å². The average molecular weight is 380 g/mol. The second-order valence-electron chi connectivity index (χ2n) is 7.23. The zero-order valence-electron chi connectivity index (χ0n) is 16.3. The number of fused-ring (bicyclic) bond motifs is 2. The molecule has 1 atom stereocenters. The van der Waals surface area contributed by atoms with E-state index in [9.17, 15) is 9.59 Å². The maximum Gasteiger partial charge on any atom is 0.344 e. The molecular weight excluding hydrogens is 356 g/mol. The van der Waals surface area contributed by atoms with Gasteiger partial charge in [-0.3, -0.25) is 9.80 Å². The Bertz CT molecular complexity index is 917. The summed E-state index contributed by atoms with van der Waals surface area (Å²) in [4.78, 5) is 34.5. The maximum absolute atomic E-state index is 13.6. The second-order valence-corrected chi connectivity index (χ2v) is 7.23. The molecule has 3 heterocycles. The number of nitrogens with zero attached hydrogens (tertiary/aromatic N) is 5. The van der Waals surface area contributed by atoms with Crippen molar-refractivity contribution in [2.24, 2.45) is 0 Å². The van der Waals surface area contributed by atoms with Gasteiger partial charge in [0, 0.05) is 38.9 Å². The molecule has 2 aromatic rings. The molecule has 1 aromatic carbocycles. The molecule has 0 bridgehead atoms. The summed E-state index contributed by atoms with van der Waals surface area (Å²) in [5, 5.41) is 6.53. The Morgan fingerprint density at radius 1 is 1.21 bits per heavy atom. The van der Waals surface area contributed by atoms with Gasteiger partial charge in [-0.1, -0.05) is 12.1 Å². The Hall–Kier alpha value is -2.97. The first-order valence-electron chi connectivity index (χ1n) is 9.35. The van der Waals surface area contributed by atoms with E-state index in [-0.39, 0.29) is 11.9 Å². The number of carbonyl (C=O) groups excluding carboxylic acids is 2. The van der Waals surface area contributed by atoms with Gasteiger partial charge in [0.25, 0.3) is 5.91 Å². The van der Waals surface area contributed by atoms with E-state index in [0.29, 0.717) is 28.8 Å². The molecule has 28 heavy (non-hydrogen) atoms. The molecule has 4 rings (SSSR count). The fraction of sp³-hybridized carbons (Fsp3) is 0.350. The van der Waals surface area contributed by atoms with Crippen LogP contribution in [0.15, 0.2) is 42.6 Å². The van der Waals surface area contributed by atoms with E-state index in [1.54, 1.807) is 48.6 Å². The SMILES string of the molecule is CC1CN(N(C)C(=O)N2c3ccccc3C(=O)Nc3cccnc32)CCN1C. The van der Waals surface area contributed by atoms with Gasteiger partial charge in [-0.05, 0) is 38.2 Å². The van der Waals surface area contributed by atoms with Crippen molar-refractivity contribution in [3.63, 3.8) is 0 Å². The number of urea groups is 1. The smallest absolute Gasteiger partial charge is 0.319 e. The highest BCUT2D eigenvalue weighted by Gasteiger charge is 2.34. The third-order valence-corrected chi connectivity index (χ3v) is 5.47. The quantitative estimate of drug-likeness (QED) is 0.823. The molecule has 0 aliphatic carbocycles. The molecule has 8 nitrogen and oxygen atoms in total. The van der Waals surface area contributed by atoms with Crippen LogP contribution in [-0.4, -0.2) is 71.6 Å². The van der Waals surface area contributed by atoms with Crippen LogP contribution in [0.2, 0.25) is 0 Å². The summed E-state index contributed by atoms with van der Waals surface area (Å²) in [7, 11) is 3.86. The summed E-state index contributed by atoms with van der Waals surface area (Å²) in [6.07, 6.45) is 1.62. The normalized spacial score (nSPS) is 20.0. The van der Waals surface area contributed by atoms with Crippen LogP contribution in [-0.2, 0) is 0 Å². The summed E-state index contributed by atoms with van der Waals surface area (Å²) in [5.74, 6) is 0.163. The van der Waals surface area contributed by atoms with Gasteiger partial charge in [-0.2, -0.15) is 0 Å². The Labute approximate surface area is 164 Å². The molecule has 1 aromatic heterocycles. The van der Waals surface area contributed by atoms with Crippen molar-refractivity contribution in [2.45, 2.75) is 13.0 Å². The van der Waals surface area contributed by atoms with Crippen LogP contribution in [0.4, 0.5) is 22.0 Å². The molecular formula is C20H24N6O2. The first-order valence-corrected chi connectivity index (χ1v) is 9.35. The zero-order chi connectivity index (χ0) is 19.8. The lowest BCUT2D eigenvalue weighted by Crippen LogP contribution is -2.58. The van der Waals surface area contributed by atoms with Gasteiger partial charge in [0.1, 0.15) is 0 Å². The summed E-state index contributed by atoms with van der Waals surface area (Å²) in [6, 6.07) is 10.7. The van der Waals surface area contributed by atoms with Crippen molar-refractivity contribution in [3.8, 4) is 0 Å². The van der Waals surface area contributed by atoms with Gasteiger partial charge < -0.3 is 10.2 Å². The summed E-state index contributed by atoms with van der Waals surface area (Å²) in [6.45, 7) is 4.53. The van der Waals surface area contributed by atoms with E-state index < -0.39 is 0 Å². The van der Waals surface area contributed by atoms with Crippen LogP contribution in [0.25, 0.3) is 0 Å². The minimum absolute atomic E-state index is 0.249. The zero-order valence-corrected chi connectivity index (χ0v) is 16.3. The predicted octanol–water partition coefficient (Wildman–Crippen LogP) is 2.39. The molecule has 0 spiro atoms. The van der Waals surface area contributed by atoms with Crippen molar-refractivity contribution in [3.05, 3.63) is 48.2 Å². The van der Waals surface area contributed by atoms with Gasteiger partial charge >= 0.3 is 6.03 Å². The number of amides is 3. The van der Waals surface area contributed by atoms with Gasteiger partial charge in [-0.25, -0.2) is 19.7 Å². The maximum atomic E-state index is 13.6. The molecule has 2 aliphatic rings. The largest absolute Gasteiger partial charge is 0.344 e. The molecule has 146 valence electrons. The highest BCUT2D eigenvalue weighted by Crippen LogP contribution is 2.36. The average Bonchev–Trinajstić information content (AvgIpc) is 2.83. The Morgan fingerprint density at radius 2 is 2.00 bits per heavy atom. The number of hydrazine groups is 1. The number of para-hydroxylation sites is 1. The molecule has 1 N–H and O–H groups in total. The van der Waals surface area contributed by atoms with Crippen molar-refractivity contribution in [1.29, 1.82) is 0 Å². The fourth-order valence-corrected chi connectivity index (χ4v) is 3.60. The summed E-state index contributed by atoms with van der Waals surface area (Å²) < 4.78 is 0. The number of pyridine rings is 1. The van der Waals surface area contributed by atoms with E-state index in [2.05, 4.69) is 29.2 Å². The van der Waals surface area contributed by atoms with Crippen LogP contribution in [0.3, 0.4) is 0 Å². The van der Waals surface area contributed by atoms with Gasteiger partial charge in [0.2, 0.25) is 0 Å². The van der Waals surface area contributed by atoms with Crippen molar-refractivity contribution in [2.75, 3.05) is 43.9 Å². The number of aromatic nitrogens is 1. The lowest BCUT2D eigenvalue weighted by Gasteiger charge is -2.42. The molecule has 1 unspecified atom stereocenters. The molecule has 0 saturated carbocycles. The lowest BCUT2D eigenvalue weighted by molar-refractivity contribution is -0.0191. The number of carbonyl (C=O) groups is 2. The third kappa shape index (κ3) is 3.10. The van der Waals surface area contributed by atoms with Crippen LogP contribution >= 0.6 is 0 Å². The Kier molecular flexibility index (Phi) is 4.74. The van der Waals surface area contributed by atoms with Gasteiger partial charge in [0.05, 0.1) is 16.9 Å². The third-order valence-electron chi connectivity index (χ3n) is 5.47. The Morgan fingerprint density at radius 3 is 2.79 bits per heavy atom. The number of hydrogen-bond donors (Lipinski definition) is 1. The number of nitrogens with one attached hydrogen (secondary N) is 1. The number of anilines is 3. The van der Waals surface area contributed by atoms with Crippen LogP contribution < -0.4 is 10.2 Å². The van der Waals surface area contributed by atoms with Gasteiger partial charge in [0.15, 0.2) is 5.82 Å². The highest BCUT2D eigenvalue weighted by molar-refractivity contribution is 6.16. The van der Waals surface area contributed by atoms with E-state index >= 15 is 0 Å². The first-order chi connectivity index (χ1) is 13.5. The van der Waals surface area contributed by atoms with Crippen molar-refractivity contribution >= 4 is 29.1 Å². The number of piperazine rings is 1. The molecule has 2 aliphatic heterocycles. The number of rotatable bonds is 1. The van der Waals surface area contributed by atoms with Crippen molar-refractivity contribution < 1.29 is 9.59 Å². The predicted molar refractivity (Wildman–Crippen MR) is 108 cm³/mol. The molecule has 8 heteroatoms. The highest BCUT2D eigenvalue weighted by atomic mass is 16.2.